The summed E-state index contributed by atoms with van der Waals surface area (Å²) < 4.78 is 12.4. The highest BCUT2D eigenvalue weighted by Crippen LogP contribution is 2.14. The Kier molecular flexibility index (Phi) is 5.77. The summed E-state index contributed by atoms with van der Waals surface area (Å²) in [4.78, 5) is 25.6. The first kappa shape index (κ1) is 18.2. The number of carbonyl (C=O) groups is 2. The summed E-state index contributed by atoms with van der Waals surface area (Å²) in [5, 5.41) is 4.28. The van der Waals surface area contributed by atoms with Gasteiger partial charge < -0.3 is 14.4 Å². The van der Waals surface area contributed by atoms with Crippen molar-refractivity contribution in [3.63, 3.8) is 0 Å². The molecular weight excluding hydrogens is 310 g/mol. The zero-order valence-corrected chi connectivity index (χ0v) is 14.9. The van der Waals surface area contributed by atoms with Gasteiger partial charge >= 0.3 is 5.97 Å². The number of ether oxygens (including phenoxy) is 2. The van der Waals surface area contributed by atoms with E-state index in [1.54, 1.807) is 15.7 Å². The highest BCUT2D eigenvalue weighted by Gasteiger charge is 2.26. The van der Waals surface area contributed by atoms with Crippen molar-refractivity contribution in [2.24, 2.45) is 7.05 Å². The molecule has 7 heteroatoms. The third-order valence-electron chi connectivity index (χ3n) is 4.06. The van der Waals surface area contributed by atoms with E-state index in [0.717, 1.165) is 17.0 Å². The molecule has 0 bridgehead atoms. The zero-order valence-electron chi connectivity index (χ0n) is 14.9. The molecule has 0 spiro atoms. The highest BCUT2D eigenvalue weighted by molar-refractivity contribution is 5.89. The van der Waals surface area contributed by atoms with Crippen LogP contribution < -0.4 is 0 Å². The van der Waals surface area contributed by atoms with Crippen molar-refractivity contribution >= 4 is 18.0 Å². The van der Waals surface area contributed by atoms with Gasteiger partial charge in [0.25, 0.3) is 5.91 Å². The van der Waals surface area contributed by atoms with Gasteiger partial charge in [-0.15, -0.1) is 0 Å². The second-order valence-electron chi connectivity index (χ2n) is 6.21. The molecule has 2 heterocycles. The predicted octanol–water partition coefficient (Wildman–Crippen LogP) is 1.23. The van der Waals surface area contributed by atoms with Gasteiger partial charge in [-0.05, 0) is 33.8 Å². The van der Waals surface area contributed by atoms with Gasteiger partial charge in [0.05, 0.1) is 17.9 Å². The van der Waals surface area contributed by atoms with Crippen LogP contribution in [0, 0.1) is 13.8 Å². The normalized spacial score (nSPS) is 21.3. The van der Waals surface area contributed by atoms with Crippen molar-refractivity contribution in [1.29, 1.82) is 0 Å². The number of hydrogen-bond acceptors (Lipinski definition) is 5. The summed E-state index contributed by atoms with van der Waals surface area (Å²) in [5.41, 5.74) is 2.69. The van der Waals surface area contributed by atoms with Gasteiger partial charge in [0.2, 0.25) is 0 Å². The van der Waals surface area contributed by atoms with Gasteiger partial charge in [0.15, 0.2) is 6.61 Å². The Morgan fingerprint density at radius 1 is 1.29 bits per heavy atom. The predicted molar refractivity (Wildman–Crippen MR) is 89.3 cm³/mol. The van der Waals surface area contributed by atoms with Crippen LogP contribution in [0.1, 0.15) is 30.8 Å². The fraction of sp³-hybridized carbons (Fsp3) is 0.588. The van der Waals surface area contributed by atoms with E-state index in [0.29, 0.717) is 13.1 Å². The molecule has 7 nitrogen and oxygen atoms in total. The number of morpholine rings is 1. The van der Waals surface area contributed by atoms with E-state index in [-0.39, 0.29) is 24.7 Å². The Balaban J connectivity index is 1.86. The van der Waals surface area contributed by atoms with Crippen LogP contribution in [0.15, 0.2) is 6.08 Å². The first-order valence-electron chi connectivity index (χ1n) is 8.06. The molecule has 0 saturated carbocycles. The van der Waals surface area contributed by atoms with E-state index in [1.807, 2.05) is 34.7 Å². The standard InChI is InChI=1S/C17H25N3O4/c1-11-8-20(9-12(2)24-11)16(21)10-23-17(22)7-6-15-13(3)18-19(5)14(15)4/h6-7,11-12H,8-10H2,1-5H3/b7-6+/t11-,12-/m0/s1. The number of nitrogens with zero attached hydrogens (tertiary/aromatic N) is 3. The minimum atomic E-state index is -0.541. The van der Waals surface area contributed by atoms with E-state index in [4.69, 9.17) is 9.47 Å². The number of aryl methyl sites for hydroxylation is 2. The Morgan fingerprint density at radius 3 is 2.46 bits per heavy atom. The highest BCUT2D eigenvalue weighted by atomic mass is 16.5. The van der Waals surface area contributed by atoms with Gasteiger partial charge in [-0.2, -0.15) is 5.10 Å². The maximum Gasteiger partial charge on any atom is 0.331 e. The molecule has 2 atom stereocenters. The van der Waals surface area contributed by atoms with E-state index >= 15 is 0 Å². The van der Waals surface area contributed by atoms with Gasteiger partial charge in [-0.3, -0.25) is 9.48 Å². The van der Waals surface area contributed by atoms with Crippen LogP contribution in [-0.2, 0) is 26.1 Å². The van der Waals surface area contributed by atoms with Gasteiger partial charge in [0, 0.05) is 37.5 Å². The molecular formula is C17H25N3O4. The Labute approximate surface area is 142 Å². The third-order valence-corrected chi connectivity index (χ3v) is 4.06. The van der Waals surface area contributed by atoms with Crippen LogP contribution >= 0.6 is 0 Å². The molecule has 24 heavy (non-hydrogen) atoms. The van der Waals surface area contributed by atoms with Crippen LogP contribution in [0.4, 0.5) is 0 Å². The first-order valence-corrected chi connectivity index (χ1v) is 8.06. The van der Waals surface area contributed by atoms with E-state index < -0.39 is 5.97 Å². The van der Waals surface area contributed by atoms with Crippen molar-refractivity contribution in [1.82, 2.24) is 14.7 Å². The third kappa shape index (κ3) is 4.44. The molecule has 0 aromatic carbocycles. The molecule has 1 aromatic rings. The average molecular weight is 335 g/mol. The lowest BCUT2D eigenvalue weighted by Gasteiger charge is -2.35. The SMILES string of the molecule is Cc1nn(C)c(C)c1/C=C/C(=O)OCC(=O)N1C[C@H](C)O[C@@H](C)C1. The smallest absolute Gasteiger partial charge is 0.331 e. The quantitative estimate of drug-likeness (QED) is 0.611. The van der Waals surface area contributed by atoms with Crippen LogP contribution in [0.3, 0.4) is 0 Å². The van der Waals surface area contributed by atoms with Crippen LogP contribution in [-0.4, -0.2) is 58.5 Å². The Hall–Kier alpha value is -2.15. The molecule has 1 aliphatic heterocycles. The Morgan fingerprint density at radius 2 is 1.92 bits per heavy atom. The molecule has 132 valence electrons. The number of carbonyl (C=O) groups excluding carboxylic acids is 2. The molecule has 0 unspecified atom stereocenters. The summed E-state index contributed by atoms with van der Waals surface area (Å²) in [6, 6.07) is 0. The molecule has 1 fully saturated rings. The average Bonchev–Trinajstić information content (AvgIpc) is 2.74. The van der Waals surface area contributed by atoms with Crippen LogP contribution in [0.5, 0.6) is 0 Å². The minimum Gasteiger partial charge on any atom is -0.452 e. The molecule has 2 rings (SSSR count). The molecule has 1 aromatic heterocycles. The summed E-state index contributed by atoms with van der Waals surface area (Å²) >= 11 is 0. The number of esters is 1. The molecule has 0 N–H and O–H groups in total. The van der Waals surface area contributed by atoms with Crippen molar-refractivity contribution in [3.05, 3.63) is 23.0 Å². The topological polar surface area (TPSA) is 73.7 Å². The lowest BCUT2D eigenvalue weighted by Crippen LogP contribution is -2.49. The second kappa shape index (κ2) is 7.61. The Bertz CT molecular complexity index is 641. The lowest BCUT2D eigenvalue weighted by atomic mass is 10.2. The number of rotatable bonds is 4. The summed E-state index contributed by atoms with van der Waals surface area (Å²) in [5.74, 6) is -0.743. The van der Waals surface area contributed by atoms with Crippen LogP contribution in [0.25, 0.3) is 6.08 Å². The number of aromatic nitrogens is 2. The second-order valence-corrected chi connectivity index (χ2v) is 6.21. The van der Waals surface area contributed by atoms with Crippen molar-refractivity contribution in [2.75, 3.05) is 19.7 Å². The maximum atomic E-state index is 12.1. The molecule has 1 aliphatic rings. The molecule has 1 saturated heterocycles. The minimum absolute atomic E-state index is 0.00942. The van der Waals surface area contributed by atoms with Gasteiger partial charge in [0.1, 0.15) is 0 Å². The summed E-state index contributed by atoms with van der Waals surface area (Å²) in [6.45, 7) is 8.42. The van der Waals surface area contributed by atoms with Crippen LogP contribution in [0.2, 0.25) is 0 Å². The molecule has 0 radical (unpaired) electrons. The zero-order chi connectivity index (χ0) is 17.9. The van der Waals surface area contributed by atoms with Gasteiger partial charge in [-0.1, -0.05) is 0 Å². The fourth-order valence-corrected chi connectivity index (χ4v) is 2.84. The van der Waals surface area contributed by atoms with Crippen molar-refractivity contribution in [2.45, 2.75) is 39.9 Å². The molecule has 1 amide bonds. The largest absolute Gasteiger partial charge is 0.452 e. The number of hydrogen-bond donors (Lipinski definition) is 0. The van der Waals surface area contributed by atoms with E-state index in [2.05, 4.69) is 5.10 Å². The summed E-state index contributed by atoms with van der Waals surface area (Å²) in [6.07, 6.45) is 2.98. The summed E-state index contributed by atoms with van der Waals surface area (Å²) in [7, 11) is 1.85. The maximum absolute atomic E-state index is 12.1. The first-order chi connectivity index (χ1) is 11.3. The van der Waals surface area contributed by atoms with Crippen molar-refractivity contribution < 1.29 is 19.1 Å². The molecule has 0 aliphatic carbocycles. The monoisotopic (exact) mass is 335 g/mol. The van der Waals surface area contributed by atoms with Crippen molar-refractivity contribution in [3.8, 4) is 0 Å². The number of amides is 1. The lowest BCUT2D eigenvalue weighted by molar-refractivity contribution is -0.154. The van der Waals surface area contributed by atoms with Gasteiger partial charge in [-0.25, -0.2) is 4.79 Å². The van der Waals surface area contributed by atoms with E-state index in [9.17, 15) is 9.59 Å². The fourth-order valence-electron chi connectivity index (χ4n) is 2.84. The van der Waals surface area contributed by atoms with E-state index in [1.165, 1.54) is 6.08 Å².